The Morgan fingerprint density at radius 2 is 1.83 bits per heavy atom. The molecule has 0 aromatic carbocycles. The molecule has 2 aliphatic rings. The molecule has 0 unspecified atom stereocenters. The van der Waals surface area contributed by atoms with Crippen LogP contribution in [0.15, 0.2) is 47.8 Å². The van der Waals surface area contributed by atoms with Crippen molar-refractivity contribution in [3.05, 3.63) is 64.6 Å². The van der Waals surface area contributed by atoms with E-state index in [4.69, 9.17) is 0 Å². The first-order valence-corrected chi connectivity index (χ1v) is 10.3. The molecule has 0 amide bonds. The maximum absolute atomic E-state index is 12.4. The van der Waals surface area contributed by atoms with E-state index < -0.39 is 0 Å². The van der Waals surface area contributed by atoms with Gasteiger partial charge in [-0.05, 0) is 56.2 Å². The van der Waals surface area contributed by atoms with Gasteiger partial charge in [0.05, 0.1) is 5.69 Å². The van der Waals surface area contributed by atoms with E-state index in [9.17, 15) is 4.79 Å². The van der Waals surface area contributed by atoms with Gasteiger partial charge in [-0.2, -0.15) is 5.10 Å². The molecule has 7 heteroatoms. The van der Waals surface area contributed by atoms with Gasteiger partial charge in [-0.1, -0.05) is 0 Å². The number of aromatic nitrogens is 5. The lowest BCUT2D eigenvalue weighted by Crippen LogP contribution is -2.37. The summed E-state index contributed by atoms with van der Waals surface area (Å²) < 4.78 is 1.62. The van der Waals surface area contributed by atoms with Crippen molar-refractivity contribution in [2.45, 2.75) is 38.6 Å². The number of rotatable bonds is 4. The Morgan fingerprint density at radius 1 is 1.00 bits per heavy atom. The highest BCUT2D eigenvalue weighted by Crippen LogP contribution is 2.30. The minimum absolute atomic E-state index is 0.0427. The van der Waals surface area contributed by atoms with Gasteiger partial charge in [0.15, 0.2) is 0 Å². The molecule has 148 valence electrons. The van der Waals surface area contributed by atoms with Gasteiger partial charge >= 0.3 is 0 Å². The van der Waals surface area contributed by atoms with Crippen LogP contribution in [-0.4, -0.2) is 37.8 Å². The monoisotopic (exact) mass is 388 g/mol. The van der Waals surface area contributed by atoms with Crippen molar-refractivity contribution in [1.82, 2.24) is 24.7 Å². The van der Waals surface area contributed by atoms with E-state index >= 15 is 0 Å². The van der Waals surface area contributed by atoms with Crippen LogP contribution in [0.4, 0.5) is 5.82 Å². The Hall–Kier alpha value is -3.09. The Balaban J connectivity index is 1.28. The van der Waals surface area contributed by atoms with E-state index in [1.807, 2.05) is 12.1 Å². The van der Waals surface area contributed by atoms with Gasteiger partial charge in [0.25, 0.3) is 5.56 Å². The lowest BCUT2D eigenvalue weighted by Gasteiger charge is -2.33. The number of hydrogen-bond donors (Lipinski definition) is 0. The van der Waals surface area contributed by atoms with E-state index in [2.05, 4.69) is 25.0 Å². The summed E-state index contributed by atoms with van der Waals surface area (Å²) in [6.45, 7) is 2.59. The first-order valence-electron chi connectivity index (χ1n) is 10.3. The van der Waals surface area contributed by atoms with Crippen LogP contribution >= 0.6 is 0 Å². The topological polar surface area (TPSA) is 76.8 Å². The van der Waals surface area contributed by atoms with E-state index in [0.717, 1.165) is 55.8 Å². The number of nitrogens with zero attached hydrogens (tertiary/aromatic N) is 6. The van der Waals surface area contributed by atoms with Crippen molar-refractivity contribution in [2.24, 2.45) is 5.92 Å². The zero-order valence-electron chi connectivity index (χ0n) is 16.4. The predicted octanol–water partition coefficient (Wildman–Crippen LogP) is 2.50. The average molecular weight is 388 g/mol. The number of pyridine rings is 1. The van der Waals surface area contributed by atoms with Crippen LogP contribution in [0.3, 0.4) is 0 Å². The average Bonchev–Trinajstić information content (AvgIpc) is 3.26. The van der Waals surface area contributed by atoms with Crippen molar-refractivity contribution in [2.75, 3.05) is 18.0 Å². The second-order valence-electron chi connectivity index (χ2n) is 7.88. The third-order valence-corrected chi connectivity index (χ3v) is 6.04. The van der Waals surface area contributed by atoms with Gasteiger partial charge in [-0.3, -0.25) is 9.78 Å². The van der Waals surface area contributed by atoms with Crippen LogP contribution in [-0.2, 0) is 19.4 Å². The highest BCUT2D eigenvalue weighted by Gasteiger charge is 2.25. The Labute approximate surface area is 169 Å². The zero-order valence-corrected chi connectivity index (χ0v) is 16.4. The van der Waals surface area contributed by atoms with Crippen molar-refractivity contribution in [3.8, 4) is 11.3 Å². The number of fused-ring (bicyclic) bond motifs is 1. The van der Waals surface area contributed by atoms with Crippen LogP contribution in [0, 0.1) is 5.92 Å². The summed E-state index contributed by atoms with van der Waals surface area (Å²) in [5.74, 6) is 1.57. The molecule has 29 heavy (non-hydrogen) atoms. The molecular weight excluding hydrogens is 364 g/mol. The Bertz CT molecular complexity index is 1060. The van der Waals surface area contributed by atoms with Crippen molar-refractivity contribution < 1.29 is 0 Å². The SMILES string of the molecule is O=c1ccc(-c2ccncc2)nn1CC1CCN(c2ncnc3c2CCC3)CC1. The third-order valence-electron chi connectivity index (χ3n) is 6.04. The minimum atomic E-state index is -0.0427. The first kappa shape index (κ1) is 18.0. The standard InChI is InChI=1S/C22H24N6O/c29-21-5-4-19(17-6-10-23-11-7-17)26-28(21)14-16-8-12-27(13-9-16)22-18-2-1-3-20(18)24-15-25-22/h4-7,10-11,15-16H,1-3,8-9,12-14H2. The maximum Gasteiger partial charge on any atom is 0.266 e. The number of anilines is 1. The lowest BCUT2D eigenvalue weighted by molar-refractivity contribution is 0.335. The summed E-state index contributed by atoms with van der Waals surface area (Å²) in [5.41, 5.74) is 4.30. The normalized spacial score (nSPS) is 16.8. The first-order chi connectivity index (χ1) is 14.3. The molecule has 0 radical (unpaired) electrons. The second kappa shape index (κ2) is 7.73. The van der Waals surface area contributed by atoms with Crippen molar-refractivity contribution in [1.29, 1.82) is 0 Å². The van der Waals surface area contributed by atoms with Crippen molar-refractivity contribution in [3.63, 3.8) is 0 Å². The molecule has 1 saturated heterocycles. The fourth-order valence-electron chi connectivity index (χ4n) is 4.44. The highest BCUT2D eigenvalue weighted by molar-refractivity contribution is 5.57. The summed E-state index contributed by atoms with van der Waals surface area (Å²) in [6.07, 6.45) is 10.6. The molecule has 3 aromatic heterocycles. The van der Waals surface area contributed by atoms with Gasteiger partial charge < -0.3 is 4.90 Å². The summed E-state index contributed by atoms with van der Waals surface area (Å²) in [4.78, 5) is 27.8. The van der Waals surface area contributed by atoms with Crippen LogP contribution in [0.1, 0.15) is 30.5 Å². The van der Waals surface area contributed by atoms with Gasteiger partial charge in [0.1, 0.15) is 12.1 Å². The molecule has 4 heterocycles. The Kier molecular flexibility index (Phi) is 4.79. The molecule has 0 atom stereocenters. The fourth-order valence-corrected chi connectivity index (χ4v) is 4.44. The van der Waals surface area contributed by atoms with E-state index in [-0.39, 0.29) is 5.56 Å². The summed E-state index contributed by atoms with van der Waals surface area (Å²) >= 11 is 0. The molecule has 5 rings (SSSR count). The van der Waals surface area contributed by atoms with E-state index in [1.54, 1.807) is 35.5 Å². The van der Waals surface area contributed by atoms with Gasteiger partial charge in [-0.15, -0.1) is 0 Å². The molecule has 0 saturated carbocycles. The van der Waals surface area contributed by atoms with Crippen LogP contribution in [0.25, 0.3) is 11.3 Å². The highest BCUT2D eigenvalue weighted by atomic mass is 16.1. The molecule has 0 N–H and O–H groups in total. The number of aryl methyl sites for hydroxylation is 1. The summed E-state index contributed by atoms with van der Waals surface area (Å²) in [6, 6.07) is 7.22. The zero-order chi connectivity index (χ0) is 19.6. The molecule has 0 spiro atoms. The van der Waals surface area contributed by atoms with E-state index in [1.165, 1.54) is 17.7 Å². The third kappa shape index (κ3) is 3.64. The van der Waals surface area contributed by atoms with Crippen LogP contribution < -0.4 is 10.5 Å². The van der Waals surface area contributed by atoms with Gasteiger partial charge in [-0.25, -0.2) is 14.6 Å². The van der Waals surface area contributed by atoms with Crippen molar-refractivity contribution >= 4 is 5.82 Å². The molecule has 3 aromatic rings. The fraction of sp³-hybridized carbons (Fsp3) is 0.409. The summed E-state index contributed by atoms with van der Waals surface area (Å²) in [7, 11) is 0. The second-order valence-corrected chi connectivity index (χ2v) is 7.88. The molecule has 7 nitrogen and oxygen atoms in total. The molecule has 1 fully saturated rings. The molecular formula is C22H24N6O. The number of hydrogen-bond acceptors (Lipinski definition) is 6. The maximum atomic E-state index is 12.4. The smallest absolute Gasteiger partial charge is 0.266 e. The van der Waals surface area contributed by atoms with Crippen LogP contribution in [0.2, 0.25) is 0 Å². The lowest BCUT2D eigenvalue weighted by atomic mass is 9.96. The van der Waals surface area contributed by atoms with Gasteiger partial charge in [0.2, 0.25) is 0 Å². The molecule has 1 aliphatic heterocycles. The predicted molar refractivity (Wildman–Crippen MR) is 111 cm³/mol. The Morgan fingerprint density at radius 3 is 2.66 bits per heavy atom. The van der Waals surface area contributed by atoms with E-state index in [0.29, 0.717) is 12.5 Å². The summed E-state index contributed by atoms with van der Waals surface area (Å²) in [5, 5.41) is 4.60. The number of piperidine rings is 1. The molecule has 1 aliphatic carbocycles. The largest absolute Gasteiger partial charge is 0.356 e. The quantitative estimate of drug-likeness (QED) is 0.683. The van der Waals surface area contributed by atoms with Crippen LogP contribution in [0.5, 0.6) is 0 Å². The minimum Gasteiger partial charge on any atom is -0.356 e. The van der Waals surface area contributed by atoms with Gasteiger partial charge in [0, 0.05) is 54.9 Å². The molecule has 0 bridgehead atoms.